The van der Waals surface area contributed by atoms with Gasteiger partial charge < -0.3 is 5.32 Å². The maximum Gasteiger partial charge on any atom is 0.0683 e. The lowest BCUT2D eigenvalue weighted by Gasteiger charge is -2.19. The summed E-state index contributed by atoms with van der Waals surface area (Å²) in [7, 11) is 0. The molecule has 108 valence electrons. The largest absolute Gasteiger partial charge is 0.306 e. The van der Waals surface area contributed by atoms with Crippen molar-refractivity contribution in [3.8, 4) is 0 Å². The molecule has 1 aromatic heterocycles. The molecule has 20 heavy (non-hydrogen) atoms. The van der Waals surface area contributed by atoms with Crippen LogP contribution in [0, 0.1) is 13.8 Å². The van der Waals surface area contributed by atoms with E-state index in [1.807, 2.05) is 17.4 Å². The van der Waals surface area contributed by atoms with Crippen LogP contribution in [0.15, 0.2) is 28.7 Å². The van der Waals surface area contributed by atoms with E-state index in [0.717, 1.165) is 18.0 Å². The third-order valence-corrected chi connectivity index (χ3v) is 5.35. The smallest absolute Gasteiger partial charge is 0.0683 e. The summed E-state index contributed by atoms with van der Waals surface area (Å²) in [5.41, 5.74) is 2.42. The summed E-state index contributed by atoms with van der Waals surface area (Å²) in [6.07, 6.45) is 1.11. The zero-order chi connectivity index (χ0) is 14.7. The highest BCUT2D eigenvalue weighted by atomic mass is 79.9. The minimum atomic E-state index is 0.195. The second-order valence-corrected chi connectivity index (χ2v) is 7.60. The minimum absolute atomic E-state index is 0.195. The van der Waals surface area contributed by atoms with E-state index >= 15 is 0 Å². The summed E-state index contributed by atoms with van der Waals surface area (Å²) in [4.78, 5) is 2.63. The molecule has 0 aliphatic rings. The van der Waals surface area contributed by atoms with Gasteiger partial charge in [-0.3, -0.25) is 0 Å². The van der Waals surface area contributed by atoms with Crippen LogP contribution in [0.3, 0.4) is 0 Å². The Kier molecular flexibility index (Phi) is 5.67. The van der Waals surface area contributed by atoms with Crippen LogP contribution in [0.5, 0.6) is 0 Å². The van der Waals surface area contributed by atoms with E-state index in [0.29, 0.717) is 0 Å². The number of rotatable bonds is 5. The molecule has 0 bridgehead atoms. The first-order valence-electron chi connectivity index (χ1n) is 6.77. The lowest BCUT2D eigenvalue weighted by Crippen LogP contribution is -2.22. The van der Waals surface area contributed by atoms with E-state index in [1.54, 1.807) is 0 Å². The van der Waals surface area contributed by atoms with Crippen molar-refractivity contribution in [2.24, 2.45) is 0 Å². The molecule has 2 rings (SSSR count). The quantitative estimate of drug-likeness (QED) is 0.692. The minimum Gasteiger partial charge on any atom is -0.306 e. The van der Waals surface area contributed by atoms with Crippen LogP contribution in [0.2, 0.25) is 5.02 Å². The van der Waals surface area contributed by atoms with E-state index in [1.165, 1.54) is 25.4 Å². The first-order chi connectivity index (χ1) is 9.51. The summed E-state index contributed by atoms with van der Waals surface area (Å²) in [5, 5.41) is 4.43. The molecule has 1 N–H and O–H groups in total. The molecule has 1 nitrogen and oxygen atoms in total. The van der Waals surface area contributed by atoms with Crippen molar-refractivity contribution in [2.45, 2.75) is 33.2 Å². The number of thiophene rings is 1. The number of hydrogen-bond acceptors (Lipinski definition) is 2. The van der Waals surface area contributed by atoms with Crippen LogP contribution in [-0.4, -0.2) is 6.54 Å². The fourth-order valence-corrected chi connectivity index (χ4v) is 4.56. The first-order valence-corrected chi connectivity index (χ1v) is 8.76. The van der Waals surface area contributed by atoms with E-state index in [4.69, 9.17) is 11.6 Å². The fraction of sp³-hybridized carbons (Fsp3) is 0.375. The van der Waals surface area contributed by atoms with Gasteiger partial charge in [-0.05, 0) is 72.1 Å². The molecular weight excluding hydrogens is 354 g/mol. The molecule has 4 heteroatoms. The first kappa shape index (κ1) is 16.0. The van der Waals surface area contributed by atoms with Gasteiger partial charge in [-0.15, -0.1) is 11.3 Å². The molecule has 0 amide bonds. The van der Waals surface area contributed by atoms with E-state index in [9.17, 15) is 0 Å². The van der Waals surface area contributed by atoms with Crippen LogP contribution in [-0.2, 0) is 0 Å². The lowest BCUT2D eigenvalue weighted by atomic mass is 10.0. The van der Waals surface area contributed by atoms with Gasteiger partial charge in [-0.2, -0.15) is 0 Å². The third kappa shape index (κ3) is 3.85. The zero-order valence-electron chi connectivity index (χ0n) is 12.0. The highest BCUT2D eigenvalue weighted by Crippen LogP contribution is 2.36. The van der Waals surface area contributed by atoms with Gasteiger partial charge in [0, 0.05) is 19.2 Å². The molecule has 0 aliphatic heterocycles. The molecule has 0 fully saturated rings. The maximum atomic E-state index is 6.22. The molecule has 0 saturated heterocycles. The predicted octanol–water partition coefficient (Wildman–Crippen LogP) is 5.87. The van der Waals surface area contributed by atoms with Gasteiger partial charge in [0.25, 0.3) is 0 Å². The summed E-state index contributed by atoms with van der Waals surface area (Å²) in [6, 6.07) is 8.64. The van der Waals surface area contributed by atoms with Crippen LogP contribution in [0.4, 0.5) is 0 Å². The van der Waals surface area contributed by atoms with Crippen molar-refractivity contribution in [1.29, 1.82) is 0 Å². The monoisotopic (exact) mass is 371 g/mol. The second-order valence-electron chi connectivity index (χ2n) is 5.02. The average molecular weight is 373 g/mol. The Morgan fingerprint density at radius 3 is 2.55 bits per heavy atom. The van der Waals surface area contributed by atoms with Gasteiger partial charge in [0.05, 0.1) is 6.04 Å². The molecule has 1 aromatic carbocycles. The third-order valence-electron chi connectivity index (χ3n) is 3.09. The molecule has 2 aromatic rings. The van der Waals surface area contributed by atoms with Crippen LogP contribution in [0.25, 0.3) is 0 Å². The van der Waals surface area contributed by atoms with Crippen LogP contribution < -0.4 is 5.32 Å². The Hall–Kier alpha value is -0.350. The number of halogens is 2. The van der Waals surface area contributed by atoms with E-state index < -0.39 is 0 Å². The SMILES string of the molecule is CCCNC(c1cc(C)cc(Cl)c1)c1sc(C)cc1Br. The Labute approximate surface area is 138 Å². The van der Waals surface area contributed by atoms with Crippen molar-refractivity contribution in [3.63, 3.8) is 0 Å². The van der Waals surface area contributed by atoms with Crippen molar-refractivity contribution >= 4 is 38.9 Å². The number of hydrogen-bond donors (Lipinski definition) is 1. The van der Waals surface area contributed by atoms with Crippen LogP contribution in [0.1, 0.15) is 40.3 Å². The average Bonchev–Trinajstić information content (AvgIpc) is 2.68. The Balaban J connectivity index is 2.43. The Bertz CT molecular complexity index is 574. The van der Waals surface area contributed by atoms with E-state index in [-0.39, 0.29) is 6.04 Å². The molecule has 0 aliphatic carbocycles. The molecule has 0 spiro atoms. The van der Waals surface area contributed by atoms with Gasteiger partial charge in [0.2, 0.25) is 0 Å². The predicted molar refractivity (Wildman–Crippen MR) is 93.1 cm³/mol. The van der Waals surface area contributed by atoms with E-state index in [2.05, 4.69) is 60.2 Å². The standard InChI is InChI=1S/C16H19BrClNS/c1-4-5-19-15(16-14(17)8-11(3)20-16)12-6-10(2)7-13(18)9-12/h6-9,15,19H,4-5H2,1-3H3. The van der Waals surface area contributed by atoms with Gasteiger partial charge in [-0.1, -0.05) is 24.6 Å². The molecule has 1 heterocycles. The van der Waals surface area contributed by atoms with Gasteiger partial charge in [0.1, 0.15) is 0 Å². The number of benzene rings is 1. The van der Waals surface area contributed by atoms with Crippen molar-refractivity contribution < 1.29 is 0 Å². The topological polar surface area (TPSA) is 12.0 Å². The molecule has 0 saturated carbocycles. The molecular formula is C16H19BrClNS. The Morgan fingerprint density at radius 1 is 1.25 bits per heavy atom. The second kappa shape index (κ2) is 7.08. The number of nitrogens with one attached hydrogen (secondary N) is 1. The summed E-state index contributed by atoms with van der Waals surface area (Å²) in [6.45, 7) is 7.39. The lowest BCUT2D eigenvalue weighted by molar-refractivity contribution is 0.604. The highest BCUT2D eigenvalue weighted by molar-refractivity contribution is 9.10. The fourth-order valence-electron chi connectivity index (χ4n) is 2.28. The van der Waals surface area contributed by atoms with Gasteiger partial charge in [0.15, 0.2) is 0 Å². The number of aryl methyl sites for hydroxylation is 2. The van der Waals surface area contributed by atoms with Gasteiger partial charge in [-0.25, -0.2) is 0 Å². The molecule has 0 radical (unpaired) electrons. The maximum absolute atomic E-state index is 6.22. The zero-order valence-corrected chi connectivity index (χ0v) is 15.1. The summed E-state index contributed by atoms with van der Waals surface area (Å²) >= 11 is 11.7. The van der Waals surface area contributed by atoms with Crippen LogP contribution >= 0.6 is 38.9 Å². The van der Waals surface area contributed by atoms with Crippen molar-refractivity contribution in [2.75, 3.05) is 6.54 Å². The van der Waals surface area contributed by atoms with Crippen molar-refractivity contribution in [1.82, 2.24) is 5.32 Å². The normalized spacial score (nSPS) is 12.7. The highest BCUT2D eigenvalue weighted by Gasteiger charge is 2.19. The Morgan fingerprint density at radius 2 is 2.00 bits per heavy atom. The van der Waals surface area contributed by atoms with Crippen molar-refractivity contribution in [3.05, 3.63) is 54.6 Å². The summed E-state index contributed by atoms with van der Waals surface area (Å²) < 4.78 is 1.17. The van der Waals surface area contributed by atoms with Gasteiger partial charge >= 0.3 is 0 Å². The molecule has 1 unspecified atom stereocenters. The summed E-state index contributed by atoms with van der Waals surface area (Å²) in [5.74, 6) is 0. The molecule has 1 atom stereocenters.